The number of halogens is 4. The van der Waals surface area contributed by atoms with E-state index in [4.69, 9.17) is 4.74 Å². The van der Waals surface area contributed by atoms with Crippen LogP contribution in [0.2, 0.25) is 0 Å². The van der Waals surface area contributed by atoms with Gasteiger partial charge in [-0.05, 0) is 53.4 Å². The molecule has 0 saturated heterocycles. The van der Waals surface area contributed by atoms with Crippen LogP contribution in [0.4, 0.5) is 18.3 Å². The van der Waals surface area contributed by atoms with E-state index < -0.39 is 21.8 Å². The lowest BCUT2D eigenvalue weighted by atomic mass is 10.0. The molecule has 0 N–H and O–H groups in total. The Kier molecular flexibility index (Phi) is 7.31. The largest absolute Gasteiger partial charge is 0.497 e. The van der Waals surface area contributed by atoms with E-state index in [1.807, 2.05) is 0 Å². The smallest absolute Gasteiger partial charge is 0.416 e. The summed E-state index contributed by atoms with van der Waals surface area (Å²) in [5, 5.41) is 1.33. The molecular weight excluding hydrogens is 617 g/mol. The maximum absolute atomic E-state index is 13.9. The molecule has 0 aliphatic carbocycles. The monoisotopic (exact) mass is 634 g/mol. The zero-order chi connectivity index (χ0) is 27.8. The van der Waals surface area contributed by atoms with Gasteiger partial charge in [0.15, 0.2) is 0 Å². The number of anilines is 1. The van der Waals surface area contributed by atoms with Gasteiger partial charge < -0.3 is 4.74 Å². The van der Waals surface area contributed by atoms with E-state index in [1.165, 1.54) is 35.0 Å². The Labute approximate surface area is 234 Å². The van der Waals surface area contributed by atoms with E-state index in [2.05, 4.69) is 30.3 Å². The zero-order valence-corrected chi connectivity index (χ0v) is 23.3. The minimum Gasteiger partial charge on any atom is -0.497 e. The SMILES string of the molecule is COc1ccc(CN(c2ncns2)S(=O)(=O)c2ccc3c(-c4ccc(C(F)(F)F)cc4Br)nccc3c2)cc1. The molecule has 0 radical (unpaired) electrons. The Bertz CT molecular complexity index is 1750. The first-order valence-electron chi connectivity index (χ1n) is 11.3. The summed E-state index contributed by atoms with van der Waals surface area (Å²) in [5.74, 6) is 0.641. The lowest BCUT2D eigenvalue weighted by molar-refractivity contribution is -0.137. The van der Waals surface area contributed by atoms with Crippen LogP contribution in [0, 0.1) is 0 Å². The van der Waals surface area contributed by atoms with Crippen molar-refractivity contribution < 1.29 is 26.3 Å². The summed E-state index contributed by atoms with van der Waals surface area (Å²) in [6.45, 7) is 0.0135. The van der Waals surface area contributed by atoms with Crippen LogP contribution in [0.3, 0.4) is 0 Å². The number of methoxy groups -OCH3 is 1. The third-order valence-electron chi connectivity index (χ3n) is 5.92. The van der Waals surface area contributed by atoms with Gasteiger partial charge in [-0.1, -0.05) is 40.2 Å². The Morgan fingerprint density at radius 1 is 1.00 bits per heavy atom. The zero-order valence-electron chi connectivity index (χ0n) is 20.1. The van der Waals surface area contributed by atoms with Crippen molar-refractivity contribution in [3.63, 3.8) is 0 Å². The summed E-state index contributed by atoms with van der Waals surface area (Å²) in [4.78, 5) is 8.51. The second-order valence-corrected chi connectivity index (χ2v) is 11.8. The summed E-state index contributed by atoms with van der Waals surface area (Å²) in [6, 6.07) is 16.5. The number of aromatic nitrogens is 3. The molecule has 0 bridgehead atoms. The van der Waals surface area contributed by atoms with Gasteiger partial charge in [0.25, 0.3) is 10.0 Å². The summed E-state index contributed by atoms with van der Waals surface area (Å²) < 4.78 is 77.7. The van der Waals surface area contributed by atoms with Crippen LogP contribution in [0.25, 0.3) is 22.0 Å². The van der Waals surface area contributed by atoms with Gasteiger partial charge in [-0.3, -0.25) is 4.98 Å². The number of alkyl halides is 3. The highest BCUT2D eigenvalue weighted by Crippen LogP contribution is 2.38. The molecule has 5 rings (SSSR count). The van der Waals surface area contributed by atoms with Gasteiger partial charge in [0.1, 0.15) is 12.1 Å². The molecule has 39 heavy (non-hydrogen) atoms. The third kappa shape index (κ3) is 5.47. The maximum atomic E-state index is 13.9. The number of hydrogen-bond donors (Lipinski definition) is 0. The van der Waals surface area contributed by atoms with Crippen LogP contribution in [0.1, 0.15) is 11.1 Å². The van der Waals surface area contributed by atoms with E-state index in [9.17, 15) is 21.6 Å². The first kappa shape index (κ1) is 27.0. The van der Waals surface area contributed by atoms with Crippen LogP contribution in [0.15, 0.2) is 88.6 Å². The Balaban J connectivity index is 1.55. The molecule has 5 aromatic rings. The number of rotatable bonds is 7. The van der Waals surface area contributed by atoms with Crippen LogP contribution in [-0.2, 0) is 22.7 Å². The minimum absolute atomic E-state index is 0.0135. The van der Waals surface area contributed by atoms with Crippen LogP contribution in [-0.4, -0.2) is 29.9 Å². The first-order chi connectivity index (χ1) is 18.6. The number of nitrogens with zero attached hydrogens (tertiary/aromatic N) is 4. The fraction of sp³-hybridized carbons (Fsp3) is 0.115. The van der Waals surface area contributed by atoms with Gasteiger partial charge in [-0.15, -0.1) is 0 Å². The van der Waals surface area contributed by atoms with E-state index >= 15 is 0 Å². The molecule has 0 aliphatic rings. The molecule has 7 nitrogen and oxygen atoms in total. The van der Waals surface area contributed by atoms with Gasteiger partial charge in [-0.2, -0.15) is 17.5 Å². The molecule has 0 fully saturated rings. The number of sulfonamides is 1. The molecule has 0 amide bonds. The van der Waals surface area contributed by atoms with Crippen molar-refractivity contribution in [1.82, 2.24) is 14.3 Å². The molecule has 0 atom stereocenters. The number of fused-ring (bicyclic) bond motifs is 1. The van der Waals surface area contributed by atoms with Crippen LogP contribution < -0.4 is 9.04 Å². The van der Waals surface area contributed by atoms with Crippen molar-refractivity contribution in [2.24, 2.45) is 0 Å². The number of benzene rings is 3. The fourth-order valence-electron chi connectivity index (χ4n) is 3.97. The minimum atomic E-state index is -4.48. The van der Waals surface area contributed by atoms with Crippen molar-refractivity contribution in [2.45, 2.75) is 17.6 Å². The quantitative estimate of drug-likeness (QED) is 0.193. The summed E-state index contributed by atoms with van der Waals surface area (Å²) >= 11 is 4.18. The fourth-order valence-corrected chi connectivity index (χ4v) is 6.71. The Morgan fingerprint density at radius 3 is 2.41 bits per heavy atom. The predicted molar refractivity (Wildman–Crippen MR) is 146 cm³/mol. The van der Waals surface area contributed by atoms with Crippen LogP contribution in [0.5, 0.6) is 5.75 Å². The molecule has 2 aromatic heterocycles. The van der Waals surface area contributed by atoms with E-state index in [-0.39, 0.29) is 21.0 Å². The molecule has 2 heterocycles. The van der Waals surface area contributed by atoms with Gasteiger partial charge in [0, 0.05) is 33.2 Å². The van der Waals surface area contributed by atoms with E-state index in [0.717, 1.165) is 23.7 Å². The topological polar surface area (TPSA) is 85.3 Å². The van der Waals surface area contributed by atoms with Gasteiger partial charge >= 0.3 is 6.18 Å². The number of pyridine rings is 1. The van der Waals surface area contributed by atoms with Gasteiger partial charge in [0.05, 0.1) is 29.8 Å². The Hall–Kier alpha value is -3.55. The first-order valence-corrected chi connectivity index (χ1v) is 14.3. The van der Waals surface area contributed by atoms with Crippen LogP contribution >= 0.6 is 27.5 Å². The Morgan fingerprint density at radius 2 is 1.77 bits per heavy atom. The average Bonchev–Trinajstić information content (AvgIpc) is 3.45. The number of hydrogen-bond acceptors (Lipinski definition) is 7. The van der Waals surface area contributed by atoms with Crippen molar-refractivity contribution in [3.05, 3.63) is 94.9 Å². The standard InChI is InChI=1S/C26H18BrF3N4O3S2/c1-37-19-5-2-16(3-6-19)14-34(25-32-15-33-38-25)39(35,36)20-7-9-21-17(12-20)10-11-31-24(21)22-8-4-18(13-23(22)27)26(28,29)30/h2-13,15H,14H2,1H3. The summed E-state index contributed by atoms with van der Waals surface area (Å²) in [6.07, 6.45) is -1.71. The molecule has 0 spiro atoms. The summed E-state index contributed by atoms with van der Waals surface area (Å²) in [7, 11) is -2.54. The second-order valence-electron chi connectivity index (χ2n) is 8.32. The molecule has 3 aromatic carbocycles. The molecule has 0 saturated carbocycles. The normalized spacial score (nSPS) is 12.0. The van der Waals surface area contributed by atoms with Crippen molar-refractivity contribution >= 4 is 53.4 Å². The molecular formula is C26H18BrF3N4O3S2. The summed E-state index contributed by atoms with van der Waals surface area (Å²) in [5.41, 5.74) is 0.782. The molecule has 0 aliphatic heterocycles. The second kappa shape index (κ2) is 10.5. The highest BCUT2D eigenvalue weighted by molar-refractivity contribution is 9.10. The highest BCUT2D eigenvalue weighted by Gasteiger charge is 2.31. The molecule has 0 unspecified atom stereocenters. The lowest BCUT2D eigenvalue weighted by Gasteiger charge is -2.22. The van der Waals surface area contributed by atoms with Gasteiger partial charge in [-0.25, -0.2) is 17.7 Å². The third-order valence-corrected chi connectivity index (χ3v) is 9.12. The van der Waals surface area contributed by atoms with E-state index in [1.54, 1.807) is 43.5 Å². The maximum Gasteiger partial charge on any atom is 0.416 e. The van der Waals surface area contributed by atoms with E-state index in [0.29, 0.717) is 33.3 Å². The number of ether oxygens (including phenoxy) is 1. The van der Waals surface area contributed by atoms with Crippen molar-refractivity contribution in [2.75, 3.05) is 11.4 Å². The lowest BCUT2D eigenvalue weighted by Crippen LogP contribution is -2.30. The predicted octanol–water partition coefficient (Wildman–Crippen LogP) is 6.94. The molecule has 13 heteroatoms. The van der Waals surface area contributed by atoms with Gasteiger partial charge in [0.2, 0.25) is 5.13 Å². The van der Waals surface area contributed by atoms with Crippen molar-refractivity contribution in [3.8, 4) is 17.0 Å². The van der Waals surface area contributed by atoms with Crippen molar-refractivity contribution in [1.29, 1.82) is 0 Å². The average molecular weight is 635 g/mol. The molecule has 200 valence electrons. The highest BCUT2D eigenvalue weighted by atomic mass is 79.9.